The number of alkyl halides is 3. The number of likely N-dealkylation sites (tertiary alicyclic amines) is 1. The second-order valence-corrected chi connectivity index (χ2v) is 6.82. The van der Waals surface area contributed by atoms with E-state index in [4.69, 9.17) is 9.47 Å². The fourth-order valence-electron chi connectivity index (χ4n) is 3.26. The zero-order valence-electron chi connectivity index (χ0n) is 16.7. The number of carbonyl (C=O) groups is 3. The number of ether oxygens (including phenoxy) is 2. The third-order valence-corrected chi connectivity index (χ3v) is 4.68. The van der Waals surface area contributed by atoms with Crippen molar-refractivity contribution in [2.75, 3.05) is 12.4 Å². The van der Waals surface area contributed by atoms with Crippen molar-refractivity contribution in [1.29, 1.82) is 0 Å². The predicted molar refractivity (Wildman–Crippen MR) is 104 cm³/mol. The first kappa shape index (κ1) is 22.1. The highest BCUT2D eigenvalue weighted by atomic mass is 19.4. The summed E-state index contributed by atoms with van der Waals surface area (Å²) in [6.45, 7) is 1.20. The summed E-state index contributed by atoms with van der Waals surface area (Å²) in [4.78, 5) is 37.2. The molecular formula is C21H19F3N2O5. The molecule has 0 aliphatic carbocycles. The highest BCUT2D eigenvalue weighted by Crippen LogP contribution is 2.35. The zero-order valence-corrected chi connectivity index (χ0v) is 16.7. The molecule has 2 aromatic carbocycles. The number of rotatable bonds is 5. The van der Waals surface area contributed by atoms with Crippen LogP contribution in [0.1, 0.15) is 25.3 Å². The molecule has 0 spiro atoms. The SMILES string of the molecule is COc1ccc(Oc2cccc(C(F)(F)F)c2)cc1NC(=O)C1CCC(=O)N1C(C)=O. The Labute approximate surface area is 175 Å². The van der Waals surface area contributed by atoms with E-state index >= 15 is 0 Å². The van der Waals surface area contributed by atoms with E-state index in [0.717, 1.165) is 17.0 Å². The van der Waals surface area contributed by atoms with Crippen LogP contribution in [-0.2, 0) is 20.6 Å². The lowest BCUT2D eigenvalue weighted by atomic mass is 10.2. The van der Waals surface area contributed by atoms with Crippen molar-refractivity contribution in [1.82, 2.24) is 4.90 Å². The molecule has 2 aromatic rings. The Morgan fingerprint density at radius 2 is 1.84 bits per heavy atom. The molecule has 1 N–H and O–H groups in total. The Balaban J connectivity index is 1.82. The molecule has 1 atom stereocenters. The summed E-state index contributed by atoms with van der Waals surface area (Å²) in [5.74, 6) is -1.17. The number of anilines is 1. The minimum Gasteiger partial charge on any atom is -0.495 e. The number of nitrogens with one attached hydrogen (secondary N) is 1. The molecule has 7 nitrogen and oxygen atoms in total. The van der Waals surface area contributed by atoms with Crippen LogP contribution in [0.25, 0.3) is 0 Å². The Kier molecular flexibility index (Phi) is 6.19. The molecule has 164 valence electrons. The topological polar surface area (TPSA) is 84.9 Å². The number of benzene rings is 2. The quantitative estimate of drug-likeness (QED) is 0.767. The van der Waals surface area contributed by atoms with Crippen molar-refractivity contribution < 1.29 is 37.0 Å². The lowest BCUT2D eigenvalue weighted by Gasteiger charge is -2.21. The van der Waals surface area contributed by atoms with Crippen molar-refractivity contribution in [3.63, 3.8) is 0 Å². The molecule has 1 aliphatic heterocycles. The maximum atomic E-state index is 12.9. The molecule has 1 heterocycles. The van der Waals surface area contributed by atoms with E-state index in [-0.39, 0.29) is 35.8 Å². The molecule has 10 heteroatoms. The van der Waals surface area contributed by atoms with Gasteiger partial charge in [-0.15, -0.1) is 0 Å². The van der Waals surface area contributed by atoms with E-state index in [1.165, 1.54) is 44.4 Å². The Hall–Kier alpha value is -3.56. The van der Waals surface area contributed by atoms with E-state index in [1.54, 1.807) is 0 Å². The van der Waals surface area contributed by atoms with Crippen molar-refractivity contribution in [3.05, 3.63) is 48.0 Å². The Bertz CT molecular complexity index is 1020. The maximum Gasteiger partial charge on any atom is 0.416 e. The zero-order chi connectivity index (χ0) is 22.8. The molecule has 1 fully saturated rings. The normalized spacial score (nSPS) is 16.2. The average Bonchev–Trinajstić information content (AvgIpc) is 3.10. The van der Waals surface area contributed by atoms with Gasteiger partial charge >= 0.3 is 6.18 Å². The van der Waals surface area contributed by atoms with E-state index in [2.05, 4.69) is 5.32 Å². The number of methoxy groups -OCH3 is 1. The summed E-state index contributed by atoms with van der Waals surface area (Å²) in [5.41, 5.74) is -0.679. The highest BCUT2D eigenvalue weighted by Gasteiger charge is 2.38. The maximum absolute atomic E-state index is 12.9. The molecule has 3 amide bonds. The van der Waals surface area contributed by atoms with Gasteiger partial charge in [0.25, 0.3) is 0 Å². The lowest BCUT2D eigenvalue weighted by Crippen LogP contribution is -2.44. The second kappa shape index (κ2) is 8.66. The van der Waals surface area contributed by atoms with Crippen LogP contribution < -0.4 is 14.8 Å². The van der Waals surface area contributed by atoms with E-state index < -0.39 is 35.5 Å². The number of nitrogens with zero attached hydrogens (tertiary/aromatic N) is 1. The van der Waals surface area contributed by atoms with Gasteiger partial charge in [0, 0.05) is 19.4 Å². The van der Waals surface area contributed by atoms with Crippen molar-refractivity contribution in [2.24, 2.45) is 0 Å². The summed E-state index contributed by atoms with van der Waals surface area (Å²) in [7, 11) is 1.37. The minimum atomic E-state index is -4.51. The molecule has 0 radical (unpaired) electrons. The van der Waals surface area contributed by atoms with Crippen molar-refractivity contribution >= 4 is 23.4 Å². The molecule has 3 rings (SSSR count). The summed E-state index contributed by atoms with van der Waals surface area (Å²) in [6, 6.07) is 7.74. The average molecular weight is 436 g/mol. The molecule has 31 heavy (non-hydrogen) atoms. The first-order valence-corrected chi connectivity index (χ1v) is 9.27. The molecule has 1 aliphatic rings. The van der Waals surface area contributed by atoms with Crippen LogP contribution in [0.15, 0.2) is 42.5 Å². The summed E-state index contributed by atoms with van der Waals surface area (Å²) >= 11 is 0. The predicted octanol–water partition coefficient (Wildman–Crippen LogP) is 3.98. The van der Waals surface area contributed by atoms with Crippen LogP contribution in [-0.4, -0.2) is 35.8 Å². The number of halogens is 3. The summed E-state index contributed by atoms with van der Waals surface area (Å²) in [6.07, 6.45) is -4.25. The van der Waals surface area contributed by atoms with Crippen molar-refractivity contribution in [3.8, 4) is 17.2 Å². The molecule has 0 saturated carbocycles. The van der Waals surface area contributed by atoms with Gasteiger partial charge in [-0.25, -0.2) is 0 Å². The van der Waals surface area contributed by atoms with Crippen molar-refractivity contribution in [2.45, 2.75) is 32.0 Å². The molecular weight excluding hydrogens is 417 g/mol. The third kappa shape index (κ3) is 4.96. The van der Waals surface area contributed by atoms with E-state index in [0.29, 0.717) is 0 Å². The molecule has 0 bridgehead atoms. The smallest absolute Gasteiger partial charge is 0.416 e. The first-order chi connectivity index (χ1) is 14.6. The molecule has 1 saturated heterocycles. The van der Waals surface area contributed by atoms with E-state index in [1.807, 2.05) is 0 Å². The number of hydrogen-bond acceptors (Lipinski definition) is 5. The van der Waals surface area contributed by atoms with Gasteiger partial charge in [-0.3, -0.25) is 19.3 Å². The van der Waals surface area contributed by atoms with Gasteiger partial charge < -0.3 is 14.8 Å². The van der Waals surface area contributed by atoms with Crippen LogP contribution in [0.4, 0.5) is 18.9 Å². The van der Waals surface area contributed by atoms with Gasteiger partial charge in [-0.2, -0.15) is 13.2 Å². The largest absolute Gasteiger partial charge is 0.495 e. The summed E-state index contributed by atoms with van der Waals surface area (Å²) < 4.78 is 49.4. The minimum absolute atomic E-state index is 0.0404. The first-order valence-electron chi connectivity index (χ1n) is 9.27. The Morgan fingerprint density at radius 3 is 2.48 bits per heavy atom. The monoisotopic (exact) mass is 436 g/mol. The number of imide groups is 1. The fourth-order valence-corrected chi connectivity index (χ4v) is 3.26. The fraction of sp³-hybridized carbons (Fsp3) is 0.286. The lowest BCUT2D eigenvalue weighted by molar-refractivity contribution is -0.145. The third-order valence-electron chi connectivity index (χ3n) is 4.68. The van der Waals surface area contributed by atoms with Crippen LogP contribution in [0.2, 0.25) is 0 Å². The van der Waals surface area contributed by atoms with Gasteiger partial charge in [0.2, 0.25) is 17.7 Å². The highest BCUT2D eigenvalue weighted by molar-refractivity contribution is 6.06. The van der Waals surface area contributed by atoms with Crippen LogP contribution in [0, 0.1) is 0 Å². The van der Waals surface area contributed by atoms with Gasteiger partial charge in [0.1, 0.15) is 23.3 Å². The van der Waals surface area contributed by atoms with Gasteiger partial charge in [0.05, 0.1) is 18.4 Å². The number of hydrogen-bond donors (Lipinski definition) is 1. The van der Waals surface area contributed by atoms with E-state index in [9.17, 15) is 27.6 Å². The van der Waals surface area contributed by atoms with Crippen LogP contribution in [0.5, 0.6) is 17.2 Å². The van der Waals surface area contributed by atoms with Gasteiger partial charge in [0.15, 0.2) is 0 Å². The second-order valence-electron chi connectivity index (χ2n) is 6.82. The Morgan fingerprint density at radius 1 is 1.13 bits per heavy atom. The van der Waals surface area contributed by atoms with Crippen LogP contribution >= 0.6 is 0 Å². The standard InChI is InChI=1S/C21H19F3N2O5/c1-12(27)26-17(7-9-19(26)28)20(29)25-16-11-15(6-8-18(16)30-2)31-14-5-3-4-13(10-14)21(22,23)24/h3-6,8,10-11,17H,7,9H2,1-2H3,(H,25,29). The van der Waals surface area contributed by atoms with Gasteiger partial charge in [-0.05, 0) is 36.8 Å². The summed E-state index contributed by atoms with van der Waals surface area (Å²) in [5, 5.41) is 2.60. The van der Waals surface area contributed by atoms with Crippen LogP contribution in [0.3, 0.4) is 0 Å². The van der Waals surface area contributed by atoms with Gasteiger partial charge in [-0.1, -0.05) is 6.07 Å². The molecule has 0 aromatic heterocycles. The molecule has 1 unspecified atom stereocenters. The number of amides is 3. The number of carbonyl (C=O) groups excluding carboxylic acids is 3.